The molecule has 0 aliphatic rings. The highest BCUT2D eigenvalue weighted by molar-refractivity contribution is 5.26. The minimum Gasteiger partial charge on any atom is -0.321 e. The van der Waals surface area contributed by atoms with Crippen molar-refractivity contribution in [1.82, 2.24) is 4.98 Å². The molecule has 0 aliphatic carbocycles. The van der Waals surface area contributed by atoms with Crippen molar-refractivity contribution in [3.8, 4) is 6.07 Å². The van der Waals surface area contributed by atoms with Crippen LogP contribution in [0.15, 0.2) is 10.9 Å². The molecule has 0 aliphatic heterocycles. The number of H-pyrrole nitrogens is 1. The van der Waals surface area contributed by atoms with Crippen molar-refractivity contribution >= 4 is 0 Å². The van der Waals surface area contributed by atoms with Crippen molar-refractivity contribution in [2.45, 2.75) is 19.8 Å². The number of nitriles is 1. The van der Waals surface area contributed by atoms with Crippen molar-refractivity contribution in [3.05, 3.63) is 33.2 Å². The third kappa shape index (κ3) is 1.96. The summed E-state index contributed by atoms with van der Waals surface area (Å²) in [6.07, 6.45) is -2.77. The molecular weight excluding hydrogens is 190 g/mol. The number of nitrogens with zero attached hydrogens (tertiary/aromatic N) is 1. The van der Waals surface area contributed by atoms with E-state index in [-0.39, 0.29) is 17.7 Å². The summed E-state index contributed by atoms with van der Waals surface area (Å²) in [6, 6.07) is 3.12. The summed E-state index contributed by atoms with van der Waals surface area (Å²) in [6.45, 7) is 1.47. The minimum absolute atomic E-state index is 0.0698. The lowest BCUT2D eigenvalue weighted by atomic mass is 10.1. The fourth-order valence-corrected chi connectivity index (χ4v) is 1.15. The van der Waals surface area contributed by atoms with Crippen LogP contribution in [0.3, 0.4) is 0 Å². The average molecular weight is 198 g/mol. The monoisotopic (exact) mass is 198 g/mol. The van der Waals surface area contributed by atoms with Gasteiger partial charge in [-0.2, -0.15) is 5.26 Å². The topological polar surface area (TPSA) is 56.6 Å². The molecule has 14 heavy (non-hydrogen) atoms. The highest BCUT2D eigenvalue weighted by atomic mass is 19.3. The van der Waals surface area contributed by atoms with Crippen molar-refractivity contribution in [1.29, 1.82) is 5.26 Å². The molecule has 0 fully saturated rings. The Kier molecular flexibility index (Phi) is 2.97. The molecule has 0 amide bonds. The van der Waals surface area contributed by atoms with Gasteiger partial charge in [0.15, 0.2) is 0 Å². The number of halogens is 2. The Morgan fingerprint density at radius 3 is 2.79 bits per heavy atom. The van der Waals surface area contributed by atoms with E-state index in [2.05, 4.69) is 4.98 Å². The van der Waals surface area contributed by atoms with E-state index in [1.54, 1.807) is 6.07 Å². The van der Waals surface area contributed by atoms with Crippen molar-refractivity contribution in [2.75, 3.05) is 0 Å². The SMILES string of the molecule is Cc1cc(CC#N)c(=O)[nH]c1C(F)F. The fourth-order valence-electron chi connectivity index (χ4n) is 1.15. The minimum atomic E-state index is -2.70. The molecular formula is C9H8F2N2O. The largest absolute Gasteiger partial charge is 0.321 e. The van der Waals surface area contributed by atoms with Gasteiger partial charge in [0.25, 0.3) is 12.0 Å². The van der Waals surface area contributed by atoms with Crippen molar-refractivity contribution < 1.29 is 8.78 Å². The van der Waals surface area contributed by atoms with Gasteiger partial charge in [0.2, 0.25) is 0 Å². The van der Waals surface area contributed by atoms with Gasteiger partial charge in [-0.1, -0.05) is 0 Å². The lowest BCUT2D eigenvalue weighted by Crippen LogP contribution is -2.15. The fraction of sp³-hybridized carbons (Fsp3) is 0.333. The molecule has 0 aromatic carbocycles. The maximum atomic E-state index is 12.3. The molecule has 0 unspecified atom stereocenters. The van der Waals surface area contributed by atoms with Gasteiger partial charge in [0.05, 0.1) is 18.2 Å². The first kappa shape index (κ1) is 10.4. The summed E-state index contributed by atoms with van der Waals surface area (Å²) in [5.74, 6) is 0. The van der Waals surface area contributed by atoms with Gasteiger partial charge in [0, 0.05) is 5.56 Å². The van der Waals surface area contributed by atoms with Crippen LogP contribution in [0, 0.1) is 18.3 Å². The third-order valence-corrected chi connectivity index (χ3v) is 1.84. The molecule has 1 N–H and O–H groups in total. The summed E-state index contributed by atoms with van der Waals surface area (Å²) in [5, 5.41) is 8.36. The van der Waals surface area contributed by atoms with Crippen LogP contribution in [0.1, 0.15) is 23.2 Å². The standard InChI is InChI=1S/C9H8F2N2O/c1-5-4-6(2-3-12)9(14)13-7(5)8(10)11/h4,8H,2H2,1H3,(H,13,14). The number of hydrogen-bond donors (Lipinski definition) is 1. The Morgan fingerprint density at radius 1 is 1.64 bits per heavy atom. The van der Waals surface area contributed by atoms with E-state index < -0.39 is 12.0 Å². The maximum Gasteiger partial charge on any atom is 0.278 e. The van der Waals surface area contributed by atoms with Gasteiger partial charge in [0.1, 0.15) is 0 Å². The third-order valence-electron chi connectivity index (χ3n) is 1.84. The molecule has 1 rings (SSSR count). The molecule has 0 radical (unpaired) electrons. The predicted octanol–water partition coefficient (Wildman–Crippen LogP) is 1.69. The molecule has 0 spiro atoms. The van der Waals surface area contributed by atoms with Crippen LogP contribution < -0.4 is 5.56 Å². The molecule has 0 bridgehead atoms. The molecule has 1 heterocycles. The van der Waals surface area contributed by atoms with Gasteiger partial charge in [-0.3, -0.25) is 4.79 Å². The zero-order chi connectivity index (χ0) is 10.7. The Bertz CT molecular complexity index is 431. The van der Waals surface area contributed by atoms with E-state index in [1.807, 2.05) is 0 Å². The zero-order valence-electron chi connectivity index (χ0n) is 7.47. The number of aryl methyl sites for hydroxylation is 1. The van der Waals surface area contributed by atoms with Crippen LogP contribution in [-0.4, -0.2) is 4.98 Å². The lowest BCUT2D eigenvalue weighted by Gasteiger charge is -2.05. The summed E-state index contributed by atoms with van der Waals surface area (Å²) >= 11 is 0. The number of nitrogens with one attached hydrogen (secondary N) is 1. The summed E-state index contributed by atoms with van der Waals surface area (Å²) in [7, 11) is 0. The molecule has 0 saturated heterocycles. The maximum absolute atomic E-state index is 12.3. The first-order valence-corrected chi connectivity index (χ1v) is 3.94. The van der Waals surface area contributed by atoms with Gasteiger partial charge in [-0.15, -0.1) is 0 Å². The van der Waals surface area contributed by atoms with Gasteiger partial charge in [-0.25, -0.2) is 8.78 Å². The smallest absolute Gasteiger partial charge is 0.278 e. The van der Waals surface area contributed by atoms with Crippen LogP contribution in [0.25, 0.3) is 0 Å². The number of pyridine rings is 1. The summed E-state index contributed by atoms with van der Waals surface area (Å²) in [5.41, 5.74) is -0.483. The van der Waals surface area contributed by atoms with Gasteiger partial charge in [-0.05, 0) is 18.6 Å². The number of rotatable bonds is 2. The second-order valence-corrected chi connectivity index (χ2v) is 2.86. The molecule has 3 nitrogen and oxygen atoms in total. The Labute approximate surface area is 79.0 Å². The number of alkyl halides is 2. The molecule has 1 aromatic heterocycles. The highest BCUT2D eigenvalue weighted by Crippen LogP contribution is 2.18. The Morgan fingerprint density at radius 2 is 2.29 bits per heavy atom. The van der Waals surface area contributed by atoms with Crippen LogP contribution in [0.5, 0.6) is 0 Å². The van der Waals surface area contributed by atoms with E-state index in [9.17, 15) is 13.6 Å². The molecule has 0 atom stereocenters. The summed E-state index contributed by atoms with van der Waals surface area (Å²) < 4.78 is 24.6. The van der Waals surface area contributed by atoms with Crippen LogP contribution in [-0.2, 0) is 6.42 Å². The molecule has 74 valence electrons. The second-order valence-electron chi connectivity index (χ2n) is 2.86. The van der Waals surface area contributed by atoms with Crippen LogP contribution >= 0.6 is 0 Å². The predicted molar refractivity (Wildman–Crippen MR) is 46.1 cm³/mol. The van der Waals surface area contributed by atoms with Crippen LogP contribution in [0.2, 0.25) is 0 Å². The zero-order valence-corrected chi connectivity index (χ0v) is 7.47. The van der Waals surface area contributed by atoms with E-state index in [4.69, 9.17) is 5.26 Å². The quantitative estimate of drug-likeness (QED) is 0.786. The van der Waals surface area contributed by atoms with Crippen molar-refractivity contribution in [2.24, 2.45) is 0 Å². The van der Waals surface area contributed by atoms with E-state index >= 15 is 0 Å². The molecule has 1 aromatic rings. The van der Waals surface area contributed by atoms with E-state index in [0.717, 1.165) is 0 Å². The second kappa shape index (κ2) is 4.01. The van der Waals surface area contributed by atoms with E-state index in [1.165, 1.54) is 13.0 Å². The highest BCUT2D eigenvalue weighted by Gasteiger charge is 2.13. The van der Waals surface area contributed by atoms with E-state index in [0.29, 0.717) is 5.56 Å². The van der Waals surface area contributed by atoms with Gasteiger partial charge < -0.3 is 4.98 Å². The number of aromatic amines is 1. The lowest BCUT2D eigenvalue weighted by molar-refractivity contribution is 0.145. The normalized spacial score (nSPS) is 10.2. The number of aromatic nitrogens is 1. The molecule has 0 saturated carbocycles. The average Bonchev–Trinajstić information content (AvgIpc) is 2.10. The van der Waals surface area contributed by atoms with Crippen LogP contribution in [0.4, 0.5) is 8.78 Å². The summed E-state index contributed by atoms with van der Waals surface area (Å²) in [4.78, 5) is 13.2. The Balaban J connectivity index is 3.26. The first-order valence-electron chi connectivity index (χ1n) is 3.94. The first-order chi connectivity index (χ1) is 6.56. The van der Waals surface area contributed by atoms with Gasteiger partial charge >= 0.3 is 0 Å². The molecule has 5 heteroatoms. The van der Waals surface area contributed by atoms with Crippen molar-refractivity contribution in [3.63, 3.8) is 0 Å². The Hall–Kier alpha value is -1.70. The number of hydrogen-bond acceptors (Lipinski definition) is 2.